The molecule has 0 spiro atoms. The fourth-order valence-electron chi connectivity index (χ4n) is 0.777. The van der Waals surface area contributed by atoms with Gasteiger partial charge in [0.15, 0.2) is 0 Å². The smallest absolute Gasteiger partial charge is 0.102 e. The summed E-state index contributed by atoms with van der Waals surface area (Å²) in [7, 11) is 4.01. The second kappa shape index (κ2) is 6.56. The quantitative estimate of drug-likeness (QED) is 0.461. The lowest BCUT2D eigenvalue weighted by molar-refractivity contribution is 0.407. The van der Waals surface area contributed by atoms with Gasteiger partial charge in [-0.2, -0.15) is 0 Å². The molecule has 0 radical (unpaired) electrons. The second-order valence-electron chi connectivity index (χ2n) is 3.36. The number of halogens is 1. The van der Waals surface area contributed by atoms with Gasteiger partial charge in [-0.05, 0) is 32.7 Å². The molecule has 14 heavy (non-hydrogen) atoms. The minimum absolute atomic E-state index is 0.266. The van der Waals surface area contributed by atoms with Crippen molar-refractivity contribution in [2.45, 2.75) is 6.92 Å². The van der Waals surface area contributed by atoms with E-state index in [1.165, 1.54) is 0 Å². The lowest BCUT2D eigenvalue weighted by atomic mass is 10.3. The van der Waals surface area contributed by atoms with Crippen LogP contribution in [0, 0.1) is 0 Å². The van der Waals surface area contributed by atoms with Crippen molar-refractivity contribution in [1.29, 1.82) is 0 Å². The second-order valence-corrected chi connectivity index (χ2v) is 3.77. The van der Waals surface area contributed by atoms with E-state index in [0.717, 1.165) is 18.7 Å². The number of nitrogens with one attached hydrogen (secondary N) is 1. The van der Waals surface area contributed by atoms with Gasteiger partial charge in [-0.25, -0.2) is 0 Å². The molecule has 0 fully saturated rings. The number of nitrogens with zero attached hydrogens (tertiary/aromatic N) is 1. The van der Waals surface area contributed by atoms with Gasteiger partial charge in [0.2, 0.25) is 0 Å². The Labute approximate surface area is 90.6 Å². The first-order valence-corrected chi connectivity index (χ1v) is 4.79. The van der Waals surface area contributed by atoms with Crippen LogP contribution in [0.25, 0.3) is 0 Å². The topological polar surface area (TPSA) is 67.3 Å². The van der Waals surface area contributed by atoms with Crippen LogP contribution in [0.5, 0.6) is 0 Å². The molecule has 0 unspecified atom stereocenters. The van der Waals surface area contributed by atoms with Crippen LogP contribution in [0.15, 0.2) is 22.6 Å². The molecule has 0 rings (SSSR count). The lowest BCUT2D eigenvalue weighted by Crippen LogP contribution is -2.29. The summed E-state index contributed by atoms with van der Waals surface area (Å²) in [5, 5.41) is 3.31. The summed E-state index contributed by atoms with van der Waals surface area (Å²) in [4.78, 5) is 2.07. The monoisotopic (exact) mass is 218 g/mol. The van der Waals surface area contributed by atoms with Crippen LogP contribution in [-0.2, 0) is 0 Å². The molecule has 82 valence electrons. The molecule has 0 aliphatic heterocycles. The van der Waals surface area contributed by atoms with E-state index in [9.17, 15) is 0 Å². The molecule has 0 aromatic carbocycles. The van der Waals surface area contributed by atoms with E-state index in [1.807, 2.05) is 21.0 Å². The van der Waals surface area contributed by atoms with Gasteiger partial charge in [-0.3, -0.25) is 0 Å². The van der Waals surface area contributed by atoms with Crippen molar-refractivity contribution >= 4 is 11.6 Å². The van der Waals surface area contributed by atoms with E-state index in [1.54, 1.807) is 6.08 Å². The highest BCUT2D eigenvalue weighted by Crippen LogP contribution is 2.03. The van der Waals surface area contributed by atoms with Crippen LogP contribution in [0.2, 0.25) is 0 Å². The van der Waals surface area contributed by atoms with Gasteiger partial charge in [-0.15, -0.1) is 0 Å². The third-order valence-electron chi connectivity index (χ3n) is 1.64. The van der Waals surface area contributed by atoms with E-state index >= 15 is 0 Å². The molecule has 0 atom stereocenters. The van der Waals surface area contributed by atoms with E-state index in [0.29, 0.717) is 5.82 Å². The highest BCUT2D eigenvalue weighted by atomic mass is 35.5. The van der Waals surface area contributed by atoms with Crippen molar-refractivity contribution in [1.82, 2.24) is 10.2 Å². The van der Waals surface area contributed by atoms with Crippen molar-refractivity contribution in [2.75, 3.05) is 27.2 Å². The van der Waals surface area contributed by atoms with Crippen LogP contribution in [0.1, 0.15) is 6.92 Å². The standard InChI is InChI=1S/C9H19ClN4/c1-7(9(10)12)6-8(11)13-4-5-14(2)3/h6,13H,4-5,11-12H2,1-3H3/b8-6+,9-7-. The van der Waals surface area contributed by atoms with Gasteiger partial charge in [0.05, 0.1) is 5.82 Å². The summed E-state index contributed by atoms with van der Waals surface area (Å²) in [5.41, 5.74) is 11.8. The molecule has 0 aromatic heterocycles. The zero-order valence-electron chi connectivity index (χ0n) is 8.97. The molecule has 0 saturated carbocycles. The van der Waals surface area contributed by atoms with Crippen LogP contribution in [-0.4, -0.2) is 32.1 Å². The van der Waals surface area contributed by atoms with Crippen LogP contribution in [0.3, 0.4) is 0 Å². The van der Waals surface area contributed by atoms with Crippen LogP contribution in [0.4, 0.5) is 0 Å². The molecule has 0 bridgehead atoms. The van der Waals surface area contributed by atoms with Gasteiger partial charge in [0.25, 0.3) is 0 Å². The molecule has 0 heterocycles. The van der Waals surface area contributed by atoms with Gasteiger partial charge in [0.1, 0.15) is 5.16 Å². The first kappa shape index (κ1) is 13.1. The zero-order valence-corrected chi connectivity index (χ0v) is 9.73. The highest BCUT2D eigenvalue weighted by molar-refractivity contribution is 6.29. The average molecular weight is 219 g/mol. The third kappa shape index (κ3) is 6.62. The molecular weight excluding hydrogens is 200 g/mol. The van der Waals surface area contributed by atoms with Crippen LogP contribution < -0.4 is 16.8 Å². The van der Waals surface area contributed by atoms with E-state index in [2.05, 4.69) is 10.2 Å². The fourth-order valence-corrected chi connectivity index (χ4v) is 0.832. The van der Waals surface area contributed by atoms with Crippen molar-refractivity contribution < 1.29 is 0 Å². The maximum atomic E-state index is 5.68. The Balaban J connectivity index is 3.96. The molecule has 0 saturated heterocycles. The van der Waals surface area contributed by atoms with E-state index in [4.69, 9.17) is 23.1 Å². The largest absolute Gasteiger partial charge is 0.389 e. The summed E-state index contributed by atoms with van der Waals surface area (Å²) in [6.07, 6.45) is 1.72. The predicted molar refractivity (Wildman–Crippen MR) is 61.6 cm³/mol. The van der Waals surface area contributed by atoms with Gasteiger partial charge < -0.3 is 21.7 Å². The molecule has 0 aliphatic rings. The SMILES string of the molecule is CC(/C=C(\N)NCCN(C)C)=C(/N)Cl. The van der Waals surface area contributed by atoms with Gasteiger partial charge >= 0.3 is 0 Å². The Morgan fingerprint density at radius 1 is 1.43 bits per heavy atom. The summed E-state index contributed by atoms with van der Waals surface area (Å²) < 4.78 is 0. The van der Waals surface area contributed by atoms with Crippen molar-refractivity contribution in [2.24, 2.45) is 11.5 Å². The maximum Gasteiger partial charge on any atom is 0.102 e. The Hall–Kier alpha value is -0.870. The van der Waals surface area contributed by atoms with Crippen molar-refractivity contribution in [3.8, 4) is 0 Å². The highest BCUT2D eigenvalue weighted by Gasteiger charge is 1.94. The van der Waals surface area contributed by atoms with Crippen molar-refractivity contribution in [3.05, 3.63) is 22.6 Å². The molecule has 5 heteroatoms. The first-order chi connectivity index (χ1) is 6.43. The maximum absolute atomic E-state index is 5.68. The molecule has 0 aromatic rings. The summed E-state index contributed by atoms with van der Waals surface area (Å²) in [5.74, 6) is 0.577. The van der Waals surface area contributed by atoms with Gasteiger partial charge in [-0.1, -0.05) is 11.6 Å². The summed E-state index contributed by atoms with van der Waals surface area (Å²) >= 11 is 5.58. The number of hydrogen-bond donors (Lipinski definition) is 3. The average Bonchev–Trinajstić information content (AvgIpc) is 2.02. The van der Waals surface area contributed by atoms with E-state index in [-0.39, 0.29) is 5.16 Å². The zero-order chi connectivity index (χ0) is 11.1. The Morgan fingerprint density at radius 3 is 2.43 bits per heavy atom. The van der Waals surface area contributed by atoms with Crippen molar-refractivity contribution in [3.63, 3.8) is 0 Å². The molecular formula is C9H19ClN4. The lowest BCUT2D eigenvalue weighted by Gasteiger charge is -2.11. The fraction of sp³-hybridized carbons (Fsp3) is 0.556. The molecule has 0 amide bonds. The van der Waals surface area contributed by atoms with Gasteiger partial charge in [0, 0.05) is 13.1 Å². The number of allylic oxidation sites excluding steroid dienone is 2. The number of nitrogens with two attached hydrogens (primary N) is 2. The minimum Gasteiger partial charge on any atom is -0.389 e. The normalized spacial score (nSPS) is 14.2. The summed E-state index contributed by atoms with van der Waals surface area (Å²) in [6, 6.07) is 0. The third-order valence-corrected chi connectivity index (χ3v) is 1.93. The molecule has 0 aliphatic carbocycles. The Kier molecular flexibility index (Phi) is 6.16. The molecule has 4 nitrogen and oxygen atoms in total. The Bertz CT molecular complexity index is 229. The number of hydrogen-bond acceptors (Lipinski definition) is 4. The first-order valence-electron chi connectivity index (χ1n) is 4.41. The number of rotatable bonds is 5. The summed E-state index contributed by atoms with van der Waals surface area (Å²) in [6.45, 7) is 3.53. The minimum atomic E-state index is 0.266. The Morgan fingerprint density at radius 2 is 2.00 bits per heavy atom. The molecule has 5 N–H and O–H groups in total. The predicted octanol–water partition coefficient (Wildman–Crippen LogP) is 0.367. The van der Waals surface area contributed by atoms with Crippen LogP contribution >= 0.6 is 11.6 Å². The number of likely N-dealkylation sites (N-methyl/N-ethyl adjacent to an activating group) is 1. The van der Waals surface area contributed by atoms with E-state index < -0.39 is 0 Å².